The summed E-state index contributed by atoms with van der Waals surface area (Å²) in [5, 5.41) is 9.52. The lowest BCUT2D eigenvalue weighted by atomic mass is 10.0. The molecule has 134 valence electrons. The van der Waals surface area contributed by atoms with Gasteiger partial charge in [-0.3, -0.25) is 9.59 Å². The number of nitrogens with one attached hydrogen (secondary N) is 2. The quantitative estimate of drug-likeness (QED) is 0.804. The van der Waals surface area contributed by atoms with Gasteiger partial charge in [-0.15, -0.1) is 0 Å². The van der Waals surface area contributed by atoms with Crippen LogP contribution < -0.4 is 10.6 Å². The number of rotatable bonds is 7. The second-order valence-electron chi connectivity index (χ2n) is 6.51. The Kier molecular flexibility index (Phi) is 5.90. The molecule has 0 fully saturated rings. The summed E-state index contributed by atoms with van der Waals surface area (Å²) < 4.78 is 4.94. The molecule has 0 spiro atoms. The van der Waals surface area contributed by atoms with Gasteiger partial charge >= 0.3 is 0 Å². The van der Waals surface area contributed by atoms with Gasteiger partial charge in [0.1, 0.15) is 0 Å². The smallest absolute Gasteiger partial charge is 0.251 e. The number of hydrogen-bond acceptors (Lipinski definition) is 5. The Morgan fingerprint density at radius 1 is 1.20 bits per heavy atom. The van der Waals surface area contributed by atoms with Gasteiger partial charge in [0.2, 0.25) is 17.6 Å². The van der Waals surface area contributed by atoms with Crippen LogP contribution in [0.2, 0.25) is 0 Å². The van der Waals surface area contributed by atoms with Gasteiger partial charge in [-0.05, 0) is 32.4 Å². The summed E-state index contributed by atoms with van der Waals surface area (Å²) in [6.45, 7) is 7.96. The second kappa shape index (κ2) is 7.92. The Bertz CT molecular complexity index is 735. The zero-order valence-corrected chi connectivity index (χ0v) is 15.0. The van der Waals surface area contributed by atoms with Crippen LogP contribution in [0.3, 0.4) is 0 Å². The van der Waals surface area contributed by atoms with Crippen LogP contribution in [0.5, 0.6) is 0 Å². The second-order valence-corrected chi connectivity index (χ2v) is 6.51. The Labute approximate surface area is 147 Å². The molecule has 7 nitrogen and oxygen atoms in total. The summed E-state index contributed by atoms with van der Waals surface area (Å²) in [7, 11) is 0. The summed E-state index contributed by atoms with van der Waals surface area (Å²) in [6.07, 6.45) is 1.09. The number of aryl methyl sites for hydroxylation is 1. The highest BCUT2D eigenvalue weighted by Crippen LogP contribution is 2.16. The fourth-order valence-corrected chi connectivity index (χ4v) is 2.11. The van der Waals surface area contributed by atoms with E-state index in [4.69, 9.17) is 4.52 Å². The first kappa shape index (κ1) is 18.6. The molecule has 0 bridgehead atoms. The molecule has 0 aliphatic heterocycles. The van der Waals surface area contributed by atoms with Crippen LogP contribution in [0.1, 0.15) is 49.9 Å². The van der Waals surface area contributed by atoms with Crippen LogP contribution in [-0.2, 0) is 4.79 Å². The number of nitrogens with zero attached hydrogens (tertiary/aromatic N) is 2. The highest BCUT2D eigenvalue weighted by molar-refractivity contribution is 5.94. The van der Waals surface area contributed by atoms with Crippen LogP contribution in [0.15, 0.2) is 28.8 Å². The number of aromatic nitrogens is 2. The van der Waals surface area contributed by atoms with E-state index in [0.29, 0.717) is 17.3 Å². The van der Waals surface area contributed by atoms with E-state index in [1.807, 2.05) is 20.8 Å². The molecule has 2 aromatic rings. The molecule has 2 rings (SSSR count). The van der Waals surface area contributed by atoms with Crippen molar-refractivity contribution in [1.82, 2.24) is 20.8 Å². The van der Waals surface area contributed by atoms with Gasteiger partial charge in [0.05, 0.1) is 0 Å². The third kappa shape index (κ3) is 5.41. The first-order valence-corrected chi connectivity index (χ1v) is 8.30. The van der Waals surface area contributed by atoms with Crippen molar-refractivity contribution >= 4 is 11.8 Å². The molecule has 0 radical (unpaired) electrons. The third-order valence-corrected chi connectivity index (χ3v) is 3.93. The fourth-order valence-electron chi connectivity index (χ4n) is 2.11. The maximum Gasteiger partial charge on any atom is 0.251 e. The number of hydrogen-bond donors (Lipinski definition) is 2. The number of amides is 2. The molecule has 0 saturated carbocycles. The van der Waals surface area contributed by atoms with E-state index in [0.717, 1.165) is 12.0 Å². The maximum atomic E-state index is 12.1. The lowest BCUT2D eigenvalue weighted by molar-refractivity contribution is -0.122. The normalized spacial score (nSPS) is 11.2. The first-order valence-electron chi connectivity index (χ1n) is 8.30. The number of carbonyl (C=O) groups excluding carboxylic acids is 2. The van der Waals surface area contributed by atoms with Gasteiger partial charge in [-0.2, -0.15) is 4.98 Å². The summed E-state index contributed by atoms with van der Waals surface area (Å²) in [5.41, 5.74) is 1.05. The molecule has 0 aliphatic rings. The van der Waals surface area contributed by atoms with Crippen molar-refractivity contribution < 1.29 is 14.1 Å². The van der Waals surface area contributed by atoms with E-state index in [9.17, 15) is 9.59 Å². The number of benzene rings is 1. The van der Waals surface area contributed by atoms with Gasteiger partial charge in [0, 0.05) is 36.6 Å². The third-order valence-electron chi connectivity index (χ3n) is 3.93. The van der Waals surface area contributed by atoms with Crippen LogP contribution in [0.25, 0.3) is 11.4 Å². The molecule has 0 unspecified atom stereocenters. The largest absolute Gasteiger partial charge is 0.352 e. The SMILES string of the molecule is CCC(C)(C)NC(=O)CCNC(=O)c1ccc(-c2noc(C)n2)cc1. The molecular weight excluding hydrogens is 320 g/mol. The molecule has 1 aromatic carbocycles. The molecule has 2 amide bonds. The topological polar surface area (TPSA) is 97.1 Å². The van der Waals surface area contributed by atoms with Crippen LogP contribution >= 0.6 is 0 Å². The Morgan fingerprint density at radius 2 is 1.88 bits per heavy atom. The van der Waals surface area contributed by atoms with Crippen LogP contribution in [0.4, 0.5) is 0 Å². The summed E-state index contributed by atoms with van der Waals surface area (Å²) >= 11 is 0. The first-order chi connectivity index (χ1) is 11.8. The van der Waals surface area contributed by atoms with Crippen LogP contribution in [-0.4, -0.2) is 34.0 Å². The Morgan fingerprint density at radius 3 is 2.44 bits per heavy atom. The minimum atomic E-state index is -0.232. The van der Waals surface area contributed by atoms with Gasteiger partial charge in [0.15, 0.2) is 0 Å². The molecule has 25 heavy (non-hydrogen) atoms. The van der Waals surface area contributed by atoms with E-state index in [2.05, 4.69) is 20.8 Å². The highest BCUT2D eigenvalue weighted by atomic mass is 16.5. The average Bonchev–Trinajstić information content (AvgIpc) is 3.01. The number of carbonyl (C=O) groups is 2. The van der Waals surface area contributed by atoms with E-state index in [1.54, 1.807) is 31.2 Å². The predicted molar refractivity (Wildman–Crippen MR) is 93.9 cm³/mol. The average molecular weight is 344 g/mol. The monoisotopic (exact) mass is 344 g/mol. The molecule has 0 aliphatic carbocycles. The van der Waals surface area contributed by atoms with E-state index < -0.39 is 0 Å². The zero-order valence-electron chi connectivity index (χ0n) is 15.0. The van der Waals surface area contributed by atoms with Crippen LogP contribution in [0, 0.1) is 6.92 Å². The van der Waals surface area contributed by atoms with E-state index >= 15 is 0 Å². The van der Waals surface area contributed by atoms with Gasteiger partial charge in [0.25, 0.3) is 5.91 Å². The van der Waals surface area contributed by atoms with Crippen molar-refractivity contribution in [2.75, 3.05) is 6.54 Å². The van der Waals surface area contributed by atoms with E-state index in [-0.39, 0.29) is 30.3 Å². The lowest BCUT2D eigenvalue weighted by Crippen LogP contribution is -2.43. The van der Waals surface area contributed by atoms with Crippen molar-refractivity contribution in [3.05, 3.63) is 35.7 Å². The molecule has 1 aromatic heterocycles. The van der Waals surface area contributed by atoms with Gasteiger partial charge < -0.3 is 15.2 Å². The van der Waals surface area contributed by atoms with Crippen molar-refractivity contribution in [2.45, 2.75) is 46.1 Å². The summed E-state index contributed by atoms with van der Waals surface area (Å²) in [5.74, 6) is 0.675. The zero-order chi connectivity index (χ0) is 18.4. The summed E-state index contributed by atoms with van der Waals surface area (Å²) in [4.78, 5) is 28.1. The summed E-state index contributed by atoms with van der Waals surface area (Å²) in [6, 6.07) is 6.90. The van der Waals surface area contributed by atoms with Crippen molar-refractivity contribution in [3.63, 3.8) is 0 Å². The van der Waals surface area contributed by atoms with Gasteiger partial charge in [-0.1, -0.05) is 24.2 Å². The Balaban J connectivity index is 1.84. The molecule has 0 saturated heterocycles. The molecule has 2 N–H and O–H groups in total. The predicted octanol–water partition coefficient (Wildman–Crippen LogP) is 2.47. The minimum Gasteiger partial charge on any atom is -0.352 e. The lowest BCUT2D eigenvalue weighted by Gasteiger charge is -2.24. The van der Waals surface area contributed by atoms with E-state index in [1.165, 1.54) is 0 Å². The minimum absolute atomic E-state index is 0.0741. The molecular formula is C18H24N4O3. The molecule has 7 heteroatoms. The fraction of sp³-hybridized carbons (Fsp3) is 0.444. The molecule has 1 heterocycles. The van der Waals surface area contributed by atoms with Crippen molar-refractivity contribution in [1.29, 1.82) is 0 Å². The standard InChI is InChI=1S/C18H24N4O3/c1-5-18(3,4)21-15(23)10-11-19-17(24)14-8-6-13(7-9-14)16-20-12(2)25-22-16/h6-9H,5,10-11H2,1-4H3,(H,19,24)(H,21,23). The van der Waals surface area contributed by atoms with Crippen molar-refractivity contribution in [3.8, 4) is 11.4 Å². The van der Waals surface area contributed by atoms with Gasteiger partial charge in [-0.25, -0.2) is 0 Å². The maximum absolute atomic E-state index is 12.1. The highest BCUT2D eigenvalue weighted by Gasteiger charge is 2.17. The Hall–Kier alpha value is -2.70. The molecule has 0 atom stereocenters. The van der Waals surface area contributed by atoms with Crippen molar-refractivity contribution in [2.24, 2.45) is 0 Å².